The molecule has 2 atom stereocenters. The monoisotopic (exact) mass is 238 g/mol. The van der Waals surface area contributed by atoms with E-state index in [0.717, 1.165) is 31.1 Å². The number of hydrogen-bond acceptors (Lipinski definition) is 2. The molecule has 4 nitrogen and oxygen atoms in total. The van der Waals surface area contributed by atoms with Gasteiger partial charge in [-0.05, 0) is 37.5 Å². The Bertz CT molecular complexity index is 307. The summed E-state index contributed by atoms with van der Waals surface area (Å²) in [7, 11) is 1.61. The van der Waals surface area contributed by atoms with E-state index in [4.69, 9.17) is 0 Å². The van der Waals surface area contributed by atoms with Crippen LogP contribution < -0.4 is 5.32 Å². The van der Waals surface area contributed by atoms with E-state index >= 15 is 0 Å². The van der Waals surface area contributed by atoms with Crippen molar-refractivity contribution in [2.45, 2.75) is 32.6 Å². The normalized spacial score (nSPS) is 29.6. The van der Waals surface area contributed by atoms with Gasteiger partial charge in [0.1, 0.15) is 0 Å². The van der Waals surface area contributed by atoms with Crippen LogP contribution in [0.3, 0.4) is 0 Å². The van der Waals surface area contributed by atoms with E-state index in [1.165, 1.54) is 6.42 Å². The Morgan fingerprint density at radius 1 is 1.24 bits per heavy atom. The Morgan fingerprint density at radius 3 is 2.41 bits per heavy atom. The van der Waals surface area contributed by atoms with Crippen LogP contribution in [0.1, 0.15) is 32.6 Å². The number of carbonyl (C=O) groups excluding carboxylic acids is 2. The summed E-state index contributed by atoms with van der Waals surface area (Å²) >= 11 is 0. The minimum Gasteiger partial charge on any atom is -0.358 e. The third-order valence-electron chi connectivity index (χ3n) is 4.01. The third-order valence-corrected chi connectivity index (χ3v) is 4.01. The number of amides is 2. The largest absolute Gasteiger partial charge is 0.358 e. The van der Waals surface area contributed by atoms with Gasteiger partial charge in [0, 0.05) is 19.5 Å². The SMILES string of the molecule is CCCN(CC(=O)NC)C(=O)C1CC2CC2C1. The highest BCUT2D eigenvalue weighted by Crippen LogP contribution is 2.54. The van der Waals surface area contributed by atoms with Crippen LogP contribution in [0, 0.1) is 17.8 Å². The Morgan fingerprint density at radius 2 is 1.88 bits per heavy atom. The molecular weight excluding hydrogens is 216 g/mol. The molecule has 0 aliphatic heterocycles. The Kier molecular flexibility index (Phi) is 3.69. The van der Waals surface area contributed by atoms with E-state index in [0.29, 0.717) is 6.54 Å². The van der Waals surface area contributed by atoms with Gasteiger partial charge >= 0.3 is 0 Å². The molecule has 17 heavy (non-hydrogen) atoms. The van der Waals surface area contributed by atoms with Gasteiger partial charge in [-0.1, -0.05) is 6.92 Å². The predicted molar refractivity (Wildman–Crippen MR) is 65.3 cm³/mol. The van der Waals surface area contributed by atoms with Crippen molar-refractivity contribution in [1.82, 2.24) is 10.2 Å². The average molecular weight is 238 g/mol. The Balaban J connectivity index is 1.89. The summed E-state index contributed by atoms with van der Waals surface area (Å²) in [6.07, 6.45) is 4.34. The highest BCUT2D eigenvalue weighted by Gasteiger charge is 2.48. The van der Waals surface area contributed by atoms with Gasteiger partial charge in [0.15, 0.2) is 0 Å². The number of fused-ring (bicyclic) bond motifs is 1. The Labute approximate surface area is 103 Å². The number of nitrogens with one attached hydrogen (secondary N) is 1. The lowest BCUT2D eigenvalue weighted by atomic mass is 10.0. The topological polar surface area (TPSA) is 49.4 Å². The lowest BCUT2D eigenvalue weighted by molar-refractivity contribution is -0.139. The van der Waals surface area contributed by atoms with Crippen LogP contribution in [0.25, 0.3) is 0 Å². The second kappa shape index (κ2) is 5.07. The molecule has 0 aromatic carbocycles. The lowest BCUT2D eigenvalue weighted by Gasteiger charge is -2.25. The number of likely N-dealkylation sites (N-methyl/N-ethyl adjacent to an activating group) is 1. The summed E-state index contributed by atoms with van der Waals surface area (Å²) in [5, 5.41) is 2.58. The molecule has 2 fully saturated rings. The van der Waals surface area contributed by atoms with Gasteiger partial charge in [-0.2, -0.15) is 0 Å². The first kappa shape index (κ1) is 12.4. The minimum absolute atomic E-state index is 0.0741. The zero-order valence-electron chi connectivity index (χ0n) is 10.7. The van der Waals surface area contributed by atoms with E-state index in [9.17, 15) is 9.59 Å². The van der Waals surface area contributed by atoms with Crippen molar-refractivity contribution in [2.75, 3.05) is 20.1 Å². The van der Waals surface area contributed by atoms with Crippen LogP contribution in [-0.2, 0) is 9.59 Å². The predicted octanol–water partition coefficient (Wildman–Crippen LogP) is 1.02. The maximum absolute atomic E-state index is 12.3. The molecule has 0 bridgehead atoms. The van der Waals surface area contributed by atoms with Crippen LogP contribution in [0.5, 0.6) is 0 Å². The summed E-state index contributed by atoms with van der Waals surface area (Å²) in [5.74, 6) is 1.94. The standard InChI is InChI=1S/C13H22N2O2/c1-3-4-15(8-12(16)14-2)13(17)11-6-9-5-10(9)7-11/h9-11H,3-8H2,1-2H3,(H,14,16). The van der Waals surface area contributed by atoms with Crippen molar-refractivity contribution in [3.8, 4) is 0 Å². The second-order valence-corrected chi connectivity index (χ2v) is 5.36. The van der Waals surface area contributed by atoms with E-state index in [1.807, 2.05) is 6.92 Å². The number of rotatable bonds is 5. The molecule has 4 heteroatoms. The average Bonchev–Trinajstić information content (AvgIpc) is 2.94. The van der Waals surface area contributed by atoms with Crippen LogP contribution in [0.4, 0.5) is 0 Å². The number of hydrogen-bond donors (Lipinski definition) is 1. The number of carbonyl (C=O) groups is 2. The van der Waals surface area contributed by atoms with Crippen LogP contribution in [0.2, 0.25) is 0 Å². The molecule has 0 saturated heterocycles. The Hall–Kier alpha value is -1.06. The zero-order chi connectivity index (χ0) is 12.4. The van der Waals surface area contributed by atoms with Crippen LogP contribution in [-0.4, -0.2) is 36.9 Å². The molecule has 2 aliphatic carbocycles. The van der Waals surface area contributed by atoms with Crippen molar-refractivity contribution in [1.29, 1.82) is 0 Å². The summed E-state index contributed by atoms with van der Waals surface area (Å²) in [5.41, 5.74) is 0. The fourth-order valence-electron chi connectivity index (χ4n) is 2.96. The minimum atomic E-state index is -0.0741. The molecule has 2 rings (SSSR count). The molecule has 96 valence electrons. The molecule has 0 radical (unpaired) electrons. The summed E-state index contributed by atoms with van der Waals surface area (Å²) in [6, 6.07) is 0. The lowest BCUT2D eigenvalue weighted by Crippen LogP contribution is -2.42. The van der Waals surface area contributed by atoms with Gasteiger partial charge in [-0.3, -0.25) is 9.59 Å². The van der Waals surface area contributed by atoms with Crippen molar-refractivity contribution in [2.24, 2.45) is 17.8 Å². The molecule has 0 aromatic rings. The van der Waals surface area contributed by atoms with E-state index in [1.54, 1.807) is 11.9 Å². The van der Waals surface area contributed by atoms with Gasteiger partial charge in [-0.15, -0.1) is 0 Å². The maximum atomic E-state index is 12.3. The van der Waals surface area contributed by atoms with Crippen molar-refractivity contribution in [3.05, 3.63) is 0 Å². The van der Waals surface area contributed by atoms with Crippen molar-refractivity contribution in [3.63, 3.8) is 0 Å². The molecule has 2 unspecified atom stereocenters. The molecule has 0 spiro atoms. The summed E-state index contributed by atoms with van der Waals surface area (Å²) < 4.78 is 0. The quantitative estimate of drug-likeness (QED) is 0.777. The van der Waals surface area contributed by atoms with Gasteiger partial charge in [0.05, 0.1) is 6.54 Å². The molecule has 0 aromatic heterocycles. The van der Waals surface area contributed by atoms with Gasteiger partial charge in [0.25, 0.3) is 0 Å². The zero-order valence-corrected chi connectivity index (χ0v) is 10.7. The fraction of sp³-hybridized carbons (Fsp3) is 0.846. The van der Waals surface area contributed by atoms with E-state index in [2.05, 4.69) is 5.32 Å². The van der Waals surface area contributed by atoms with E-state index < -0.39 is 0 Å². The molecule has 2 amide bonds. The summed E-state index contributed by atoms with van der Waals surface area (Å²) in [4.78, 5) is 25.4. The summed E-state index contributed by atoms with van der Waals surface area (Å²) in [6.45, 7) is 2.95. The van der Waals surface area contributed by atoms with Crippen LogP contribution >= 0.6 is 0 Å². The number of nitrogens with zero attached hydrogens (tertiary/aromatic N) is 1. The molecule has 0 heterocycles. The molecule has 2 saturated carbocycles. The van der Waals surface area contributed by atoms with Gasteiger partial charge in [0.2, 0.25) is 11.8 Å². The van der Waals surface area contributed by atoms with Gasteiger partial charge < -0.3 is 10.2 Å². The fourth-order valence-corrected chi connectivity index (χ4v) is 2.96. The van der Waals surface area contributed by atoms with Crippen LogP contribution in [0.15, 0.2) is 0 Å². The molecule has 2 aliphatic rings. The molecular formula is C13H22N2O2. The van der Waals surface area contributed by atoms with E-state index in [-0.39, 0.29) is 24.3 Å². The smallest absolute Gasteiger partial charge is 0.239 e. The first-order chi connectivity index (χ1) is 8.15. The van der Waals surface area contributed by atoms with Gasteiger partial charge in [-0.25, -0.2) is 0 Å². The molecule has 1 N–H and O–H groups in total. The van der Waals surface area contributed by atoms with Crippen molar-refractivity contribution < 1.29 is 9.59 Å². The first-order valence-corrected chi connectivity index (χ1v) is 6.65. The van der Waals surface area contributed by atoms with Crippen molar-refractivity contribution >= 4 is 11.8 Å². The highest BCUT2D eigenvalue weighted by atomic mass is 16.2. The maximum Gasteiger partial charge on any atom is 0.239 e. The third kappa shape index (κ3) is 2.79. The second-order valence-electron chi connectivity index (χ2n) is 5.36. The first-order valence-electron chi connectivity index (χ1n) is 6.65. The highest BCUT2D eigenvalue weighted by molar-refractivity contribution is 5.86.